The first-order valence-corrected chi connectivity index (χ1v) is 11.9. The number of aryl methyl sites for hydroxylation is 1. The van der Waals surface area contributed by atoms with E-state index in [1.807, 2.05) is 55.6 Å². The molecule has 0 aliphatic heterocycles. The monoisotopic (exact) mass is 513 g/mol. The number of anilines is 1. The van der Waals surface area contributed by atoms with Gasteiger partial charge in [0, 0.05) is 47.8 Å². The number of aliphatic carboxylic acids is 1. The van der Waals surface area contributed by atoms with E-state index in [0.717, 1.165) is 27.6 Å². The van der Waals surface area contributed by atoms with Crippen LogP contribution in [0.25, 0.3) is 33.4 Å². The lowest BCUT2D eigenvalue weighted by Crippen LogP contribution is -2.30. The van der Waals surface area contributed by atoms with Gasteiger partial charge in [0.25, 0.3) is 0 Å². The number of carbonyl (C=O) groups is 1. The van der Waals surface area contributed by atoms with Crippen molar-refractivity contribution in [2.24, 2.45) is 0 Å². The fraction of sp³-hybridized carbons (Fsp3) is 0.222. The van der Waals surface area contributed by atoms with Crippen molar-refractivity contribution in [1.82, 2.24) is 29.7 Å². The van der Waals surface area contributed by atoms with Gasteiger partial charge < -0.3 is 25.3 Å². The smallest absolute Gasteiger partial charge is 0.305 e. The number of fused-ring (bicyclic) bond motifs is 1. The number of nitrogen functional groups attached to an aromatic ring is 1. The van der Waals surface area contributed by atoms with Crippen molar-refractivity contribution < 1.29 is 19.4 Å². The Labute approximate surface area is 218 Å². The number of H-pyrrole nitrogens is 1. The Balaban J connectivity index is 1.55. The third-order valence-corrected chi connectivity index (χ3v) is 6.35. The highest BCUT2D eigenvalue weighted by molar-refractivity contribution is 5.95. The van der Waals surface area contributed by atoms with Crippen LogP contribution < -0.4 is 5.73 Å². The number of methoxy groups -OCH3 is 1. The second-order valence-electron chi connectivity index (χ2n) is 8.91. The van der Waals surface area contributed by atoms with E-state index in [1.165, 1.54) is 0 Å². The van der Waals surface area contributed by atoms with Crippen LogP contribution in [0.2, 0.25) is 0 Å². The summed E-state index contributed by atoms with van der Waals surface area (Å²) in [6.45, 7) is 2.27. The van der Waals surface area contributed by atoms with Crippen LogP contribution in [-0.4, -0.2) is 54.7 Å². The molecule has 11 nitrogen and oxygen atoms in total. The minimum absolute atomic E-state index is 0.00612. The highest BCUT2D eigenvalue weighted by Crippen LogP contribution is 2.36. The molecule has 5 aromatic rings. The van der Waals surface area contributed by atoms with Crippen LogP contribution in [0.5, 0.6) is 0 Å². The molecule has 0 aliphatic rings. The zero-order valence-electron chi connectivity index (χ0n) is 21.0. The Kier molecular flexibility index (Phi) is 6.86. The first kappa shape index (κ1) is 25.1. The number of pyridine rings is 1. The molecule has 0 amide bonds. The van der Waals surface area contributed by atoms with Crippen molar-refractivity contribution >= 4 is 23.0 Å². The molecule has 1 unspecified atom stereocenters. The summed E-state index contributed by atoms with van der Waals surface area (Å²) >= 11 is 0. The number of hydrogen-bond donors (Lipinski definition) is 3. The maximum atomic E-state index is 10.9. The van der Waals surface area contributed by atoms with Crippen LogP contribution in [0.1, 0.15) is 24.6 Å². The molecule has 0 radical (unpaired) electrons. The third-order valence-electron chi connectivity index (χ3n) is 6.35. The molecule has 0 aliphatic carbocycles. The van der Waals surface area contributed by atoms with Crippen molar-refractivity contribution in [3.63, 3.8) is 0 Å². The molecular weight excluding hydrogens is 486 g/mol. The van der Waals surface area contributed by atoms with Crippen molar-refractivity contribution in [1.29, 1.82) is 0 Å². The zero-order chi connectivity index (χ0) is 26.7. The van der Waals surface area contributed by atoms with Gasteiger partial charge >= 0.3 is 5.97 Å². The molecule has 1 aromatic carbocycles. The molecule has 0 fully saturated rings. The highest BCUT2D eigenvalue weighted by atomic mass is 16.7. The Bertz CT molecular complexity index is 1580. The van der Waals surface area contributed by atoms with E-state index in [1.54, 1.807) is 30.4 Å². The van der Waals surface area contributed by atoms with E-state index in [-0.39, 0.29) is 25.7 Å². The maximum Gasteiger partial charge on any atom is 0.305 e. The highest BCUT2D eigenvalue weighted by Gasteiger charge is 2.33. The van der Waals surface area contributed by atoms with Crippen molar-refractivity contribution in [2.45, 2.75) is 25.5 Å². The first-order chi connectivity index (χ1) is 18.4. The van der Waals surface area contributed by atoms with Crippen molar-refractivity contribution in [3.8, 4) is 22.4 Å². The van der Waals surface area contributed by atoms with Gasteiger partial charge in [-0.15, -0.1) is 0 Å². The number of carboxylic acids is 1. The van der Waals surface area contributed by atoms with Gasteiger partial charge in [-0.2, -0.15) is 5.10 Å². The number of carboxylic acid groups (broad SMARTS) is 1. The summed E-state index contributed by atoms with van der Waals surface area (Å²) in [6.07, 6.45) is 7.06. The van der Waals surface area contributed by atoms with Gasteiger partial charge in [0.15, 0.2) is 0 Å². The zero-order valence-corrected chi connectivity index (χ0v) is 21.0. The minimum Gasteiger partial charge on any atom is -0.481 e. The number of benzene rings is 1. The summed E-state index contributed by atoms with van der Waals surface area (Å²) in [7, 11) is 1.57. The lowest BCUT2D eigenvalue weighted by Gasteiger charge is -2.30. The molecule has 4 aromatic heterocycles. The number of aromatic nitrogens is 6. The molecular formula is C27H27N7O4. The number of nitrogens with one attached hydrogen (secondary N) is 1. The van der Waals surface area contributed by atoms with Gasteiger partial charge in [0.05, 0.1) is 30.6 Å². The van der Waals surface area contributed by atoms with E-state index in [4.69, 9.17) is 20.3 Å². The molecule has 5 rings (SSSR count). The normalized spacial score (nSPS) is 13.0. The van der Waals surface area contributed by atoms with E-state index in [0.29, 0.717) is 17.0 Å². The van der Waals surface area contributed by atoms with Crippen LogP contribution in [0.15, 0.2) is 67.3 Å². The number of hydrogen-bond acceptors (Lipinski definition) is 8. The summed E-state index contributed by atoms with van der Waals surface area (Å²) in [5.74, 6) is -0.763. The van der Waals surface area contributed by atoms with Gasteiger partial charge in [0.2, 0.25) is 5.95 Å². The second kappa shape index (κ2) is 10.4. The summed E-state index contributed by atoms with van der Waals surface area (Å²) in [4.78, 5) is 27.7. The summed E-state index contributed by atoms with van der Waals surface area (Å²) in [6, 6.07) is 13.6. The lowest BCUT2D eigenvalue weighted by molar-refractivity contribution is -0.137. The van der Waals surface area contributed by atoms with Crippen LogP contribution in [0.3, 0.4) is 0 Å². The number of aromatic amines is 1. The fourth-order valence-electron chi connectivity index (χ4n) is 4.30. The summed E-state index contributed by atoms with van der Waals surface area (Å²) in [5, 5.41) is 14.1. The Hall–Kier alpha value is -4.61. The lowest BCUT2D eigenvalue weighted by atomic mass is 9.91. The van der Waals surface area contributed by atoms with Crippen molar-refractivity contribution in [3.05, 3.63) is 78.5 Å². The van der Waals surface area contributed by atoms with Crippen molar-refractivity contribution in [2.75, 3.05) is 19.6 Å². The fourth-order valence-corrected chi connectivity index (χ4v) is 4.30. The molecule has 0 bridgehead atoms. The van der Waals surface area contributed by atoms with Gasteiger partial charge in [0.1, 0.15) is 18.0 Å². The SMILES string of the molecule is COCOC(C)(c1ccccc1)c1cc(-c2c[nH]c3ncc(-c4cnn(CCC(=O)O)c4)cc23)nc(N)n1. The Morgan fingerprint density at radius 3 is 2.74 bits per heavy atom. The Morgan fingerprint density at radius 2 is 1.97 bits per heavy atom. The molecule has 0 saturated carbocycles. The van der Waals surface area contributed by atoms with Gasteiger partial charge in [-0.3, -0.25) is 9.48 Å². The largest absolute Gasteiger partial charge is 0.481 e. The van der Waals surface area contributed by atoms with Gasteiger partial charge in [-0.25, -0.2) is 15.0 Å². The number of ether oxygens (including phenoxy) is 2. The van der Waals surface area contributed by atoms with Gasteiger partial charge in [-0.05, 0) is 24.6 Å². The number of nitrogens with zero attached hydrogens (tertiary/aromatic N) is 5. The Morgan fingerprint density at radius 1 is 1.16 bits per heavy atom. The molecule has 0 saturated heterocycles. The quantitative estimate of drug-likeness (QED) is 0.236. The van der Waals surface area contributed by atoms with E-state index >= 15 is 0 Å². The topological polar surface area (TPSA) is 154 Å². The number of nitrogens with two attached hydrogens (primary N) is 1. The first-order valence-electron chi connectivity index (χ1n) is 11.9. The van der Waals surface area contributed by atoms with Crippen LogP contribution in [0, 0.1) is 0 Å². The van der Waals surface area contributed by atoms with Crippen LogP contribution in [-0.2, 0) is 26.4 Å². The second-order valence-corrected chi connectivity index (χ2v) is 8.91. The summed E-state index contributed by atoms with van der Waals surface area (Å²) in [5.41, 5.74) is 10.5. The van der Waals surface area contributed by atoms with E-state index in [9.17, 15) is 4.79 Å². The van der Waals surface area contributed by atoms with Crippen LogP contribution in [0.4, 0.5) is 5.95 Å². The molecule has 38 heavy (non-hydrogen) atoms. The molecule has 4 N–H and O–H groups in total. The van der Waals surface area contributed by atoms with Crippen LogP contribution >= 0.6 is 0 Å². The third kappa shape index (κ3) is 4.97. The predicted octanol–water partition coefficient (Wildman–Crippen LogP) is 3.82. The molecule has 4 heterocycles. The maximum absolute atomic E-state index is 10.9. The molecule has 11 heteroatoms. The molecule has 1 atom stereocenters. The average Bonchev–Trinajstić information content (AvgIpc) is 3.57. The number of rotatable bonds is 10. The average molecular weight is 514 g/mol. The minimum atomic E-state index is -0.941. The molecule has 194 valence electrons. The van der Waals surface area contributed by atoms with E-state index in [2.05, 4.69) is 25.0 Å². The van der Waals surface area contributed by atoms with E-state index < -0.39 is 11.6 Å². The standard InChI is InChI=1S/C27H27N7O4/c1-27(38-16-37-2,19-6-4-3-5-7-19)23-11-22(32-26(28)33-23)21-14-30-25-20(21)10-17(12-29-25)18-13-31-34(15-18)9-8-24(35)36/h3-7,10-15H,8-9,16H2,1-2H3,(H,29,30)(H,35,36)(H2,28,32,33). The predicted molar refractivity (Wildman–Crippen MR) is 141 cm³/mol. The van der Waals surface area contributed by atoms with Gasteiger partial charge in [-0.1, -0.05) is 30.3 Å². The summed E-state index contributed by atoms with van der Waals surface area (Å²) < 4.78 is 13.0. The molecule has 0 spiro atoms.